The topological polar surface area (TPSA) is 82.7 Å². The SMILES string of the molecule is CC[C@@H](C)N(C)CCNC(=O)Nc1cccc(NC(=O)COC)c1. The maximum Gasteiger partial charge on any atom is 0.319 e. The summed E-state index contributed by atoms with van der Waals surface area (Å²) in [6.45, 7) is 5.64. The zero-order valence-electron chi connectivity index (χ0n) is 14.9. The van der Waals surface area contributed by atoms with Crippen molar-refractivity contribution in [2.24, 2.45) is 0 Å². The Hall–Kier alpha value is -2.12. The van der Waals surface area contributed by atoms with Crippen molar-refractivity contribution in [3.05, 3.63) is 24.3 Å². The van der Waals surface area contributed by atoms with Crippen LogP contribution in [0.15, 0.2) is 24.3 Å². The van der Waals surface area contributed by atoms with Crippen LogP contribution in [-0.4, -0.2) is 56.7 Å². The lowest BCUT2D eigenvalue weighted by Gasteiger charge is -2.23. The number of nitrogens with one attached hydrogen (secondary N) is 3. The first-order valence-electron chi connectivity index (χ1n) is 8.10. The van der Waals surface area contributed by atoms with E-state index in [4.69, 9.17) is 4.74 Å². The molecule has 7 heteroatoms. The summed E-state index contributed by atoms with van der Waals surface area (Å²) in [6.07, 6.45) is 1.07. The molecular formula is C17H28N4O3. The van der Waals surface area contributed by atoms with Crippen LogP contribution in [-0.2, 0) is 9.53 Å². The van der Waals surface area contributed by atoms with Crippen molar-refractivity contribution in [3.8, 4) is 0 Å². The third-order valence-electron chi connectivity index (χ3n) is 3.77. The molecule has 0 aliphatic rings. The molecule has 0 heterocycles. The van der Waals surface area contributed by atoms with E-state index in [1.807, 2.05) is 7.05 Å². The number of urea groups is 1. The van der Waals surface area contributed by atoms with Crippen molar-refractivity contribution < 1.29 is 14.3 Å². The van der Waals surface area contributed by atoms with Gasteiger partial charge >= 0.3 is 6.03 Å². The highest BCUT2D eigenvalue weighted by Crippen LogP contribution is 2.14. The second-order valence-electron chi connectivity index (χ2n) is 5.68. The summed E-state index contributed by atoms with van der Waals surface area (Å²) in [5.74, 6) is -0.243. The standard InChI is InChI=1S/C17H28N4O3/c1-5-13(2)21(3)10-9-18-17(23)20-15-8-6-7-14(11-15)19-16(22)12-24-4/h6-8,11,13H,5,9-10,12H2,1-4H3,(H,19,22)(H2,18,20,23)/t13-/m1/s1. The van der Waals surface area contributed by atoms with Crippen molar-refractivity contribution in [2.45, 2.75) is 26.3 Å². The lowest BCUT2D eigenvalue weighted by Crippen LogP contribution is -2.38. The third-order valence-corrected chi connectivity index (χ3v) is 3.77. The molecule has 0 aromatic heterocycles. The summed E-state index contributed by atoms with van der Waals surface area (Å²) in [5, 5.41) is 8.27. The number of hydrogen-bond donors (Lipinski definition) is 3. The van der Waals surface area contributed by atoms with E-state index in [0.717, 1.165) is 13.0 Å². The summed E-state index contributed by atoms with van der Waals surface area (Å²) in [4.78, 5) is 25.6. The van der Waals surface area contributed by atoms with Crippen LogP contribution in [0.3, 0.4) is 0 Å². The van der Waals surface area contributed by atoms with Crippen LogP contribution in [0.5, 0.6) is 0 Å². The lowest BCUT2D eigenvalue weighted by atomic mass is 10.2. The minimum Gasteiger partial charge on any atom is -0.375 e. The van der Waals surface area contributed by atoms with E-state index in [1.54, 1.807) is 24.3 Å². The van der Waals surface area contributed by atoms with E-state index >= 15 is 0 Å². The fourth-order valence-corrected chi connectivity index (χ4v) is 2.06. The van der Waals surface area contributed by atoms with Gasteiger partial charge in [-0.25, -0.2) is 4.79 Å². The monoisotopic (exact) mass is 336 g/mol. The smallest absolute Gasteiger partial charge is 0.319 e. The molecule has 0 aliphatic heterocycles. The predicted octanol–water partition coefficient (Wildman–Crippen LogP) is 2.12. The van der Waals surface area contributed by atoms with Gasteiger partial charge in [0.15, 0.2) is 0 Å². The molecule has 134 valence electrons. The molecule has 3 N–H and O–H groups in total. The minimum atomic E-state index is -0.270. The first-order valence-corrected chi connectivity index (χ1v) is 8.10. The second-order valence-corrected chi connectivity index (χ2v) is 5.68. The van der Waals surface area contributed by atoms with Crippen molar-refractivity contribution in [2.75, 3.05) is 44.5 Å². The zero-order chi connectivity index (χ0) is 17.9. The van der Waals surface area contributed by atoms with Gasteiger partial charge in [0.1, 0.15) is 6.61 Å². The Kier molecular flexibility index (Phi) is 8.81. The van der Waals surface area contributed by atoms with Gasteiger partial charge in [-0.3, -0.25) is 4.79 Å². The van der Waals surface area contributed by atoms with E-state index in [-0.39, 0.29) is 18.5 Å². The summed E-state index contributed by atoms with van der Waals surface area (Å²) < 4.78 is 4.76. The molecule has 0 spiro atoms. The first-order chi connectivity index (χ1) is 11.5. The Morgan fingerprint density at radius 3 is 2.54 bits per heavy atom. The Morgan fingerprint density at radius 2 is 1.92 bits per heavy atom. The van der Waals surface area contributed by atoms with Crippen LogP contribution in [0.2, 0.25) is 0 Å². The molecule has 0 saturated carbocycles. The normalized spacial score (nSPS) is 11.9. The number of ether oxygens (including phenoxy) is 1. The quantitative estimate of drug-likeness (QED) is 0.645. The maximum absolute atomic E-state index is 11.9. The molecule has 1 rings (SSSR count). The van der Waals surface area contributed by atoms with Gasteiger partial charge in [-0.1, -0.05) is 13.0 Å². The van der Waals surface area contributed by atoms with Crippen molar-refractivity contribution >= 4 is 23.3 Å². The predicted molar refractivity (Wildman–Crippen MR) is 96.4 cm³/mol. The molecule has 1 atom stereocenters. The van der Waals surface area contributed by atoms with Crippen LogP contribution in [0.1, 0.15) is 20.3 Å². The molecule has 0 radical (unpaired) electrons. The molecule has 0 aliphatic carbocycles. The summed E-state index contributed by atoms with van der Waals surface area (Å²) in [7, 11) is 3.50. The van der Waals surface area contributed by atoms with E-state index in [1.165, 1.54) is 7.11 Å². The fourth-order valence-electron chi connectivity index (χ4n) is 2.06. The average molecular weight is 336 g/mol. The molecule has 0 unspecified atom stereocenters. The number of rotatable bonds is 9. The van der Waals surface area contributed by atoms with Gasteiger partial charge in [0, 0.05) is 37.6 Å². The number of likely N-dealkylation sites (N-methyl/N-ethyl adjacent to an activating group) is 1. The van der Waals surface area contributed by atoms with E-state index in [9.17, 15) is 9.59 Å². The molecule has 24 heavy (non-hydrogen) atoms. The third kappa shape index (κ3) is 7.43. The van der Waals surface area contributed by atoms with Crippen molar-refractivity contribution in [1.29, 1.82) is 0 Å². The number of anilines is 2. The van der Waals surface area contributed by atoms with Gasteiger partial charge in [0.25, 0.3) is 0 Å². The van der Waals surface area contributed by atoms with Crippen LogP contribution in [0, 0.1) is 0 Å². The minimum absolute atomic E-state index is 0.0121. The first kappa shape index (κ1) is 19.9. The molecule has 0 saturated heterocycles. The van der Waals surface area contributed by atoms with Gasteiger partial charge in [-0.2, -0.15) is 0 Å². The Bertz CT molecular complexity index is 536. The fraction of sp³-hybridized carbons (Fsp3) is 0.529. The lowest BCUT2D eigenvalue weighted by molar-refractivity contribution is -0.119. The number of methoxy groups -OCH3 is 1. The van der Waals surface area contributed by atoms with Crippen LogP contribution in [0.25, 0.3) is 0 Å². The van der Waals surface area contributed by atoms with E-state index < -0.39 is 0 Å². The van der Waals surface area contributed by atoms with E-state index in [0.29, 0.717) is 24.0 Å². The highest BCUT2D eigenvalue weighted by Gasteiger charge is 2.08. The number of benzene rings is 1. The van der Waals surface area contributed by atoms with Gasteiger partial charge in [-0.15, -0.1) is 0 Å². The highest BCUT2D eigenvalue weighted by molar-refractivity contribution is 5.94. The molecular weight excluding hydrogens is 308 g/mol. The number of hydrogen-bond acceptors (Lipinski definition) is 4. The summed E-state index contributed by atoms with van der Waals surface area (Å²) in [5.41, 5.74) is 1.21. The molecule has 1 aromatic carbocycles. The average Bonchev–Trinajstić information content (AvgIpc) is 2.54. The molecule has 7 nitrogen and oxygen atoms in total. The molecule has 0 fully saturated rings. The largest absolute Gasteiger partial charge is 0.375 e. The zero-order valence-corrected chi connectivity index (χ0v) is 14.9. The van der Waals surface area contributed by atoms with E-state index in [2.05, 4.69) is 34.7 Å². The van der Waals surface area contributed by atoms with Crippen molar-refractivity contribution in [1.82, 2.24) is 10.2 Å². The summed E-state index contributed by atoms with van der Waals surface area (Å²) >= 11 is 0. The number of nitrogens with zero attached hydrogens (tertiary/aromatic N) is 1. The summed E-state index contributed by atoms with van der Waals surface area (Å²) in [6, 6.07) is 7.18. The van der Waals surface area contributed by atoms with Crippen LogP contribution in [0.4, 0.5) is 16.2 Å². The van der Waals surface area contributed by atoms with Gasteiger partial charge in [0.05, 0.1) is 0 Å². The number of carbonyl (C=O) groups excluding carboxylic acids is 2. The van der Waals surface area contributed by atoms with Crippen LogP contribution < -0.4 is 16.0 Å². The number of carbonyl (C=O) groups is 2. The van der Waals surface area contributed by atoms with Crippen LogP contribution >= 0.6 is 0 Å². The van der Waals surface area contributed by atoms with Crippen molar-refractivity contribution in [3.63, 3.8) is 0 Å². The van der Waals surface area contributed by atoms with Gasteiger partial charge in [-0.05, 0) is 38.6 Å². The Morgan fingerprint density at radius 1 is 1.25 bits per heavy atom. The number of amides is 3. The highest BCUT2D eigenvalue weighted by atomic mass is 16.5. The van der Waals surface area contributed by atoms with Gasteiger partial charge < -0.3 is 25.6 Å². The Labute approximate surface area is 143 Å². The van der Waals surface area contributed by atoms with Gasteiger partial charge in [0.2, 0.25) is 5.91 Å². The molecule has 1 aromatic rings. The second kappa shape index (κ2) is 10.6. The maximum atomic E-state index is 11.9. The molecule has 3 amide bonds. The Balaban J connectivity index is 2.42. The molecule has 0 bridgehead atoms.